The van der Waals surface area contributed by atoms with Crippen molar-refractivity contribution in [2.45, 2.75) is 66.1 Å². The van der Waals surface area contributed by atoms with E-state index in [1.54, 1.807) is 0 Å². The van der Waals surface area contributed by atoms with Gasteiger partial charge in [0.1, 0.15) is 11.9 Å². The second-order valence-electron chi connectivity index (χ2n) is 5.95. The lowest BCUT2D eigenvalue weighted by Gasteiger charge is -2.52. The van der Waals surface area contributed by atoms with Gasteiger partial charge in [0.15, 0.2) is 0 Å². The molecule has 1 N–H and O–H groups in total. The van der Waals surface area contributed by atoms with Crippen LogP contribution in [0.15, 0.2) is 12.1 Å². The molecule has 1 aromatic rings. The second-order valence-corrected chi connectivity index (χ2v) is 5.95. The highest BCUT2D eigenvalue weighted by atomic mass is 16.5. The van der Waals surface area contributed by atoms with Crippen LogP contribution in [0.1, 0.15) is 49.8 Å². The molecule has 2 rings (SSSR count). The Hall–Kier alpha value is -1.02. The summed E-state index contributed by atoms with van der Waals surface area (Å²) in [7, 11) is 0. The van der Waals surface area contributed by atoms with Crippen molar-refractivity contribution in [1.29, 1.82) is 0 Å². The molecule has 19 heavy (non-hydrogen) atoms. The number of hydrogen-bond donors (Lipinski definition) is 1. The van der Waals surface area contributed by atoms with Crippen LogP contribution in [0, 0.1) is 26.2 Å². The van der Waals surface area contributed by atoms with Crippen molar-refractivity contribution in [3.8, 4) is 5.75 Å². The molecule has 2 nitrogen and oxygen atoms in total. The highest BCUT2D eigenvalue weighted by molar-refractivity contribution is 5.45. The maximum Gasteiger partial charge on any atom is 0.125 e. The summed E-state index contributed by atoms with van der Waals surface area (Å²) in [6.45, 7) is 10.6. The monoisotopic (exact) mass is 262 g/mol. The van der Waals surface area contributed by atoms with Crippen LogP contribution < -0.4 is 4.74 Å². The Morgan fingerprint density at radius 3 is 2.26 bits per heavy atom. The van der Waals surface area contributed by atoms with Crippen LogP contribution in [0.2, 0.25) is 0 Å². The smallest absolute Gasteiger partial charge is 0.125 e. The Bertz CT molecular complexity index is 461. The zero-order valence-corrected chi connectivity index (χ0v) is 12.8. The van der Waals surface area contributed by atoms with E-state index in [4.69, 9.17) is 4.74 Å². The van der Waals surface area contributed by atoms with Crippen molar-refractivity contribution in [1.82, 2.24) is 0 Å². The third-order valence-electron chi connectivity index (χ3n) is 5.19. The van der Waals surface area contributed by atoms with E-state index in [-0.39, 0.29) is 17.6 Å². The van der Waals surface area contributed by atoms with Gasteiger partial charge in [0, 0.05) is 11.8 Å². The van der Waals surface area contributed by atoms with Gasteiger partial charge in [-0.25, -0.2) is 0 Å². The molecule has 0 aliphatic heterocycles. The fraction of sp³-hybridized carbons (Fsp3) is 0.647. The topological polar surface area (TPSA) is 29.5 Å². The first-order valence-corrected chi connectivity index (χ1v) is 7.37. The summed E-state index contributed by atoms with van der Waals surface area (Å²) >= 11 is 0. The van der Waals surface area contributed by atoms with Gasteiger partial charge in [-0.05, 0) is 50.3 Å². The van der Waals surface area contributed by atoms with Gasteiger partial charge in [-0.2, -0.15) is 0 Å². The van der Waals surface area contributed by atoms with Crippen LogP contribution >= 0.6 is 0 Å². The second kappa shape index (κ2) is 5.16. The molecule has 0 aromatic heterocycles. The quantitative estimate of drug-likeness (QED) is 0.891. The lowest BCUT2D eigenvalue weighted by molar-refractivity contribution is -0.160. The first-order chi connectivity index (χ1) is 8.96. The number of aryl methyl sites for hydroxylation is 2. The van der Waals surface area contributed by atoms with E-state index in [1.807, 2.05) is 0 Å². The Kier molecular flexibility index (Phi) is 3.91. The standard InChI is InChI=1S/C17H26O2/c1-6-17(7-2)14(18)10-15(17)19-16-12(4)9-8-11(3)13(16)5/h8-9,14-15,18H,6-7,10H2,1-5H3. The average Bonchev–Trinajstić information content (AvgIpc) is 2.39. The zero-order chi connectivity index (χ0) is 14.2. The molecule has 0 spiro atoms. The predicted molar refractivity (Wildman–Crippen MR) is 78.7 cm³/mol. The number of ether oxygens (including phenoxy) is 1. The van der Waals surface area contributed by atoms with Crippen molar-refractivity contribution < 1.29 is 9.84 Å². The molecular formula is C17H26O2. The summed E-state index contributed by atoms with van der Waals surface area (Å²) in [5.41, 5.74) is 3.62. The van der Waals surface area contributed by atoms with Crippen molar-refractivity contribution in [3.05, 3.63) is 28.8 Å². The molecular weight excluding hydrogens is 236 g/mol. The van der Waals surface area contributed by atoms with Gasteiger partial charge < -0.3 is 9.84 Å². The van der Waals surface area contributed by atoms with Crippen molar-refractivity contribution in [2.24, 2.45) is 5.41 Å². The highest BCUT2D eigenvalue weighted by Crippen LogP contribution is 2.49. The van der Waals surface area contributed by atoms with Crippen molar-refractivity contribution >= 4 is 0 Å². The van der Waals surface area contributed by atoms with Crippen molar-refractivity contribution in [3.63, 3.8) is 0 Å². The fourth-order valence-electron chi connectivity index (χ4n) is 3.32. The molecule has 2 heteroatoms. The summed E-state index contributed by atoms with van der Waals surface area (Å²) in [4.78, 5) is 0. The highest BCUT2D eigenvalue weighted by Gasteiger charge is 2.53. The maximum absolute atomic E-state index is 10.1. The Labute approximate surface area is 116 Å². The molecule has 0 saturated heterocycles. The van der Waals surface area contributed by atoms with Crippen LogP contribution in [-0.2, 0) is 0 Å². The summed E-state index contributed by atoms with van der Waals surface area (Å²) in [6.07, 6.45) is 2.64. The van der Waals surface area contributed by atoms with E-state index in [9.17, 15) is 5.11 Å². The molecule has 2 atom stereocenters. The summed E-state index contributed by atoms with van der Waals surface area (Å²) < 4.78 is 6.30. The zero-order valence-electron chi connectivity index (χ0n) is 12.8. The van der Waals surface area contributed by atoms with E-state index < -0.39 is 0 Å². The summed E-state index contributed by atoms with van der Waals surface area (Å²) in [5.74, 6) is 1.02. The van der Waals surface area contributed by atoms with Crippen LogP contribution in [0.5, 0.6) is 5.75 Å². The van der Waals surface area contributed by atoms with Crippen molar-refractivity contribution in [2.75, 3.05) is 0 Å². The molecule has 0 radical (unpaired) electrons. The number of rotatable bonds is 4. The molecule has 0 bridgehead atoms. The van der Waals surface area contributed by atoms with E-state index >= 15 is 0 Å². The van der Waals surface area contributed by atoms with Crippen LogP contribution in [-0.4, -0.2) is 17.3 Å². The molecule has 1 saturated carbocycles. The van der Waals surface area contributed by atoms with Gasteiger partial charge in [0.2, 0.25) is 0 Å². The predicted octanol–water partition coefficient (Wildman–Crippen LogP) is 3.93. The third-order valence-corrected chi connectivity index (χ3v) is 5.19. The number of aliphatic hydroxyl groups excluding tert-OH is 1. The van der Waals surface area contributed by atoms with Crippen LogP contribution in [0.4, 0.5) is 0 Å². The molecule has 0 heterocycles. The van der Waals surface area contributed by atoms with E-state index in [0.717, 1.165) is 25.0 Å². The van der Waals surface area contributed by atoms with Crippen LogP contribution in [0.25, 0.3) is 0 Å². The minimum absolute atomic E-state index is 0.0530. The van der Waals surface area contributed by atoms with E-state index in [2.05, 4.69) is 46.8 Å². The van der Waals surface area contributed by atoms with Gasteiger partial charge in [-0.15, -0.1) is 0 Å². The molecule has 106 valence electrons. The van der Waals surface area contributed by atoms with Gasteiger partial charge >= 0.3 is 0 Å². The summed E-state index contributed by atoms with van der Waals surface area (Å²) in [6, 6.07) is 4.26. The Balaban J connectivity index is 2.26. The molecule has 1 aliphatic rings. The molecule has 0 amide bonds. The number of benzene rings is 1. The fourth-order valence-corrected chi connectivity index (χ4v) is 3.32. The van der Waals surface area contributed by atoms with Gasteiger partial charge in [-0.3, -0.25) is 0 Å². The molecule has 1 fully saturated rings. The van der Waals surface area contributed by atoms with Gasteiger partial charge in [-0.1, -0.05) is 26.0 Å². The SMILES string of the molecule is CCC1(CC)C(O)CC1Oc1c(C)ccc(C)c1C. The minimum atomic E-state index is -0.210. The normalized spacial score (nSPS) is 24.9. The lowest BCUT2D eigenvalue weighted by atomic mass is 9.60. The minimum Gasteiger partial charge on any atom is -0.489 e. The molecule has 1 aromatic carbocycles. The lowest BCUT2D eigenvalue weighted by Crippen LogP contribution is -2.59. The van der Waals surface area contributed by atoms with Crippen LogP contribution in [0.3, 0.4) is 0 Å². The summed E-state index contributed by atoms with van der Waals surface area (Å²) in [5, 5.41) is 10.1. The van der Waals surface area contributed by atoms with Gasteiger partial charge in [0.25, 0.3) is 0 Å². The number of hydrogen-bond acceptors (Lipinski definition) is 2. The van der Waals surface area contributed by atoms with Gasteiger partial charge in [0.05, 0.1) is 6.10 Å². The van der Waals surface area contributed by atoms with E-state index in [0.29, 0.717) is 0 Å². The Morgan fingerprint density at radius 1 is 1.16 bits per heavy atom. The number of aliphatic hydroxyl groups is 1. The first-order valence-electron chi connectivity index (χ1n) is 7.37. The molecule has 2 unspecified atom stereocenters. The third kappa shape index (κ3) is 2.16. The Morgan fingerprint density at radius 2 is 1.74 bits per heavy atom. The largest absolute Gasteiger partial charge is 0.489 e. The maximum atomic E-state index is 10.1. The first kappa shape index (κ1) is 14.4. The average molecular weight is 262 g/mol. The van der Waals surface area contributed by atoms with E-state index in [1.165, 1.54) is 16.7 Å². The molecule has 1 aliphatic carbocycles.